The van der Waals surface area contributed by atoms with Crippen molar-refractivity contribution in [3.8, 4) is 5.75 Å². The molecule has 2 rings (SSSR count). The smallest absolute Gasteiger partial charge is 0.259 e. The van der Waals surface area contributed by atoms with Crippen molar-refractivity contribution in [2.75, 3.05) is 12.4 Å². The predicted molar refractivity (Wildman–Crippen MR) is 84.8 cm³/mol. The first-order valence-electron chi connectivity index (χ1n) is 5.58. The van der Waals surface area contributed by atoms with Gasteiger partial charge in [0.05, 0.1) is 18.6 Å². The number of ether oxygens (including phenoxy) is 1. The summed E-state index contributed by atoms with van der Waals surface area (Å²) in [5.74, 6) is 0.978. The second-order valence-electron chi connectivity index (χ2n) is 3.62. The highest BCUT2D eigenvalue weighted by Gasteiger charge is 2.26. The van der Waals surface area contributed by atoms with Gasteiger partial charge in [0.2, 0.25) is 0 Å². The molecule has 0 bridgehead atoms. The molecule has 1 aromatic carbocycles. The molecule has 0 saturated carbocycles. The first kappa shape index (κ1) is 14.5. The summed E-state index contributed by atoms with van der Waals surface area (Å²) in [6.07, 6.45) is 1.59. The average Bonchev–Trinajstić information content (AvgIpc) is 2.70. The second kappa shape index (κ2) is 6.49. The van der Waals surface area contributed by atoms with Crippen molar-refractivity contribution in [3.05, 3.63) is 28.2 Å². The molecule has 1 aliphatic heterocycles. The lowest BCUT2D eigenvalue weighted by Crippen LogP contribution is -2.22. The zero-order valence-corrected chi connectivity index (χ0v) is 13.3. The van der Waals surface area contributed by atoms with Crippen molar-refractivity contribution in [3.63, 3.8) is 0 Å². The third kappa shape index (κ3) is 3.55. The van der Waals surface area contributed by atoms with E-state index in [0.29, 0.717) is 16.7 Å². The second-order valence-corrected chi connectivity index (χ2v) is 6.14. The molecule has 0 unspecified atom stereocenters. The molecule has 1 heterocycles. The summed E-state index contributed by atoms with van der Waals surface area (Å²) in [6, 6.07) is 5.63. The van der Waals surface area contributed by atoms with Crippen LogP contribution in [0.1, 0.15) is 12.5 Å². The van der Waals surface area contributed by atoms with E-state index >= 15 is 0 Å². The third-order valence-electron chi connectivity index (χ3n) is 2.31. The van der Waals surface area contributed by atoms with Gasteiger partial charge >= 0.3 is 0 Å². The van der Waals surface area contributed by atoms with Crippen LogP contribution in [0.3, 0.4) is 0 Å². The molecule has 0 radical (unpaired) electrons. The largest absolute Gasteiger partial charge is 0.493 e. The van der Waals surface area contributed by atoms with E-state index in [1.54, 1.807) is 6.21 Å². The van der Waals surface area contributed by atoms with Gasteiger partial charge in [-0.15, -0.1) is 0 Å². The number of thiocarbonyl (C=S) groups is 1. The monoisotopic (exact) mass is 358 g/mol. The Morgan fingerprint density at radius 1 is 1.63 bits per heavy atom. The summed E-state index contributed by atoms with van der Waals surface area (Å²) in [7, 11) is 0. The Labute approximate surface area is 129 Å². The first-order chi connectivity index (χ1) is 9.11. The molecule has 1 saturated heterocycles. The van der Waals surface area contributed by atoms with Gasteiger partial charge in [-0.1, -0.05) is 39.9 Å². The van der Waals surface area contributed by atoms with Gasteiger partial charge in [0.15, 0.2) is 4.32 Å². The number of carbonyl (C=O) groups is 1. The Kier molecular flexibility index (Phi) is 4.95. The van der Waals surface area contributed by atoms with Gasteiger partial charge in [-0.2, -0.15) is 10.1 Å². The van der Waals surface area contributed by atoms with Gasteiger partial charge in [-0.25, -0.2) is 0 Å². The number of nitrogens with zero attached hydrogens (tertiary/aromatic N) is 2. The van der Waals surface area contributed by atoms with Crippen molar-refractivity contribution in [1.29, 1.82) is 0 Å². The third-order valence-corrected chi connectivity index (χ3v) is 4.14. The first-order valence-corrected chi connectivity index (χ1v) is 7.76. The molecule has 0 aromatic heterocycles. The zero-order chi connectivity index (χ0) is 13.8. The molecule has 4 nitrogen and oxygen atoms in total. The van der Waals surface area contributed by atoms with Gasteiger partial charge in [-0.05, 0) is 25.1 Å². The number of amides is 1. The lowest BCUT2D eigenvalue weighted by Gasteiger charge is -2.09. The van der Waals surface area contributed by atoms with Crippen LogP contribution in [0.25, 0.3) is 0 Å². The van der Waals surface area contributed by atoms with Gasteiger partial charge in [0.1, 0.15) is 5.75 Å². The van der Waals surface area contributed by atoms with E-state index in [9.17, 15) is 4.79 Å². The molecule has 0 spiro atoms. The lowest BCUT2D eigenvalue weighted by atomic mass is 10.2. The Bertz CT molecular complexity index is 533. The summed E-state index contributed by atoms with van der Waals surface area (Å²) in [4.78, 5) is 11.5. The zero-order valence-electron chi connectivity index (χ0n) is 10.1. The molecule has 0 aliphatic carbocycles. The van der Waals surface area contributed by atoms with Crippen LogP contribution in [0.4, 0.5) is 0 Å². The molecule has 0 atom stereocenters. The summed E-state index contributed by atoms with van der Waals surface area (Å²) in [5.41, 5.74) is 0.795. The lowest BCUT2D eigenvalue weighted by molar-refractivity contribution is -0.123. The number of hydrogen-bond acceptors (Lipinski definition) is 5. The average molecular weight is 359 g/mol. The van der Waals surface area contributed by atoms with Crippen LogP contribution >= 0.6 is 39.9 Å². The number of carbonyl (C=O) groups excluding carboxylic acids is 1. The van der Waals surface area contributed by atoms with Crippen molar-refractivity contribution in [2.24, 2.45) is 5.10 Å². The van der Waals surface area contributed by atoms with E-state index in [1.807, 2.05) is 25.1 Å². The Morgan fingerprint density at radius 3 is 3.05 bits per heavy atom. The van der Waals surface area contributed by atoms with Crippen LogP contribution in [0.2, 0.25) is 0 Å². The maximum Gasteiger partial charge on any atom is 0.259 e. The maximum absolute atomic E-state index is 11.5. The topological polar surface area (TPSA) is 41.9 Å². The van der Waals surface area contributed by atoms with Crippen LogP contribution in [0.5, 0.6) is 5.75 Å². The number of rotatable bonds is 4. The van der Waals surface area contributed by atoms with E-state index in [-0.39, 0.29) is 5.91 Å². The van der Waals surface area contributed by atoms with E-state index in [1.165, 1.54) is 16.8 Å². The fourth-order valence-corrected chi connectivity index (χ4v) is 2.83. The standard InChI is InChI=1S/C12H11BrN2O2S2/c1-2-17-10-4-3-9(13)5-8(10)6-14-15-11(16)7-19-12(15)18/h3-6H,2,7H2,1H3/b14-6+. The molecular weight excluding hydrogens is 348 g/mol. The minimum atomic E-state index is -0.0980. The van der Waals surface area contributed by atoms with Crippen molar-refractivity contribution in [2.45, 2.75) is 6.92 Å². The van der Waals surface area contributed by atoms with Crippen LogP contribution in [0.15, 0.2) is 27.8 Å². The predicted octanol–water partition coefficient (Wildman–Crippen LogP) is 3.04. The number of halogens is 1. The van der Waals surface area contributed by atoms with Crippen LogP contribution in [0, 0.1) is 0 Å². The summed E-state index contributed by atoms with van der Waals surface area (Å²) >= 11 is 9.77. The number of thioether (sulfide) groups is 1. The molecule has 1 fully saturated rings. The summed E-state index contributed by atoms with van der Waals surface area (Å²) < 4.78 is 6.91. The van der Waals surface area contributed by atoms with Crippen molar-refractivity contribution >= 4 is 56.4 Å². The molecular formula is C12H11BrN2O2S2. The van der Waals surface area contributed by atoms with Gasteiger partial charge in [-0.3, -0.25) is 4.79 Å². The highest BCUT2D eigenvalue weighted by Crippen LogP contribution is 2.23. The van der Waals surface area contributed by atoms with Crippen LogP contribution < -0.4 is 4.74 Å². The Morgan fingerprint density at radius 2 is 2.42 bits per heavy atom. The summed E-state index contributed by atoms with van der Waals surface area (Å²) in [6.45, 7) is 2.48. The summed E-state index contributed by atoms with van der Waals surface area (Å²) in [5, 5.41) is 5.38. The van der Waals surface area contributed by atoms with E-state index in [2.05, 4.69) is 21.0 Å². The quantitative estimate of drug-likeness (QED) is 0.612. The van der Waals surface area contributed by atoms with Crippen molar-refractivity contribution in [1.82, 2.24) is 5.01 Å². The van der Waals surface area contributed by atoms with E-state index < -0.39 is 0 Å². The number of hydrazone groups is 1. The highest BCUT2D eigenvalue weighted by molar-refractivity contribution is 9.10. The molecule has 0 N–H and O–H groups in total. The van der Waals surface area contributed by atoms with Gasteiger partial charge < -0.3 is 4.74 Å². The SMILES string of the molecule is CCOc1ccc(Br)cc1/C=N/N1C(=O)CSC1=S. The van der Waals surface area contributed by atoms with Gasteiger partial charge in [0.25, 0.3) is 5.91 Å². The maximum atomic E-state index is 11.5. The molecule has 19 heavy (non-hydrogen) atoms. The number of benzene rings is 1. The molecule has 1 aromatic rings. The van der Waals surface area contributed by atoms with Crippen LogP contribution in [-0.4, -0.2) is 33.8 Å². The Hall–Kier alpha value is -0.920. The van der Waals surface area contributed by atoms with Crippen molar-refractivity contribution < 1.29 is 9.53 Å². The number of hydrogen-bond donors (Lipinski definition) is 0. The molecule has 100 valence electrons. The highest BCUT2D eigenvalue weighted by atomic mass is 79.9. The molecule has 1 aliphatic rings. The Balaban J connectivity index is 2.24. The fraction of sp³-hybridized carbons (Fsp3) is 0.250. The molecule has 1 amide bonds. The molecule has 7 heteroatoms. The fourth-order valence-electron chi connectivity index (χ4n) is 1.49. The normalized spacial score (nSPS) is 15.6. The minimum Gasteiger partial charge on any atom is -0.493 e. The van der Waals surface area contributed by atoms with E-state index in [4.69, 9.17) is 17.0 Å². The minimum absolute atomic E-state index is 0.0980. The van der Waals surface area contributed by atoms with Gasteiger partial charge in [0, 0.05) is 10.0 Å². The van der Waals surface area contributed by atoms with Crippen LogP contribution in [-0.2, 0) is 4.79 Å². The van der Waals surface area contributed by atoms with E-state index in [0.717, 1.165) is 15.8 Å².